The second-order valence-electron chi connectivity index (χ2n) is 6.08. The highest BCUT2D eigenvalue weighted by Crippen LogP contribution is 2.47. The molecule has 2 N–H and O–H groups in total. The molecule has 1 aliphatic heterocycles. The molecule has 2 amide bonds. The fourth-order valence-electron chi connectivity index (χ4n) is 3.16. The number of nitrogens with zero attached hydrogens (tertiary/aromatic N) is 1. The van der Waals surface area contributed by atoms with Gasteiger partial charge in [0, 0.05) is 7.05 Å². The summed E-state index contributed by atoms with van der Waals surface area (Å²) in [6.45, 7) is 0. The summed E-state index contributed by atoms with van der Waals surface area (Å²) in [6.07, 6.45) is -5.33. The van der Waals surface area contributed by atoms with Crippen LogP contribution in [0.4, 0.5) is 22.4 Å². The lowest BCUT2D eigenvalue weighted by Gasteiger charge is -2.49. The Bertz CT molecular complexity index is 871. The number of amides is 2. The molecule has 27 heavy (non-hydrogen) atoms. The Balaban J connectivity index is 2.21. The normalized spacial score (nSPS) is 26.0. The van der Waals surface area contributed by atoms with Crippen molar-refractivity contribution in [3.8, 4) is 0 Å². The average molecular weight is 402 g/mol. The van der Waals surface area contributed by atoms with E-state index in [0.717, 1.165) is 30.5 Å². The minimum atomic E-state index is -5.33. The van der Waals surface area contributed by atoms with Gasteiger partial charge < -0.3 is 10.4 Å². The van der Waals surface area contributed by atoms with Crippen LogP contribution in [0, 0.1) is 11.7 Å². The Labute approximate surface area is 155 Å². The van der Waals surface area contributed by atoms with Crippen LogP contribution in [0.25, 0.3) is 0 Å². The Morgan fingerprint density at radius 1 is 1.30 bits per heavy atom. The maximum atomic E-state index is 13.9. The van der Waals surface area contributed by atoms with E-state index >= 15 is 0 Å². The second-order valence-corrected chi connectivity index (χ2v) is 7.03. The summed E-state index contributed by atoms with van der Waals surface area (Å²) in [5.74, 6) is -3.90. The molecule has 1 aromatic heterocycles. The van der Waals surface area contributed by atoms with E-state index in [-0.39, 0.29) is 15.3 Å². The molecule has 1 aromatic carbocycles. The summed E-state index contributed by atoms with van der Waals surface area (Å²) in [5.41, 5.74) is -3.83. The quantitative estimate of drug-likeness (QED) is 0.611. The van der Waals surface area contributed by atoms with Gasteiger partial charge in [-0.15, -0.1) is 11.3 Å². The van der Waals surface area contributed by atoms with Gasteiger partial charge in [0.25, 0.3) is 5.72 Å². The van der Waals surface area contributed by atoms with E-state index in [9.17, 15) is 32.3 Å². The first kappa shape index (κ1) is 19.3. The number of carbonyl (C=O) groups excluding carboxylic acids is 2. The monoisotopic (exact) mass is 402 g/mol. The third-order valence-corrected chi connectivity index (χ3v) is 5.42. The van der Waals surface area contributed by atoms with Gasteiger partial charge >= 0.3 is 12.2 Å². The van der Waals surface area contributed by atoms with Crippen molar-refractivity contribution in [1.82, 2.24) is 10.2 Å². The number of benzene rings is 1. The first-order chi connectivity index (χ1) is 12.6. The first-order valence-electron chi connectivity index (χ1n) is 7.74. The number of hydrogen-bond acceptors (Lipinski definition) is 4. The van der Waals surface area contributed by atoms with Gasteiger partial charge in [-0.2, -0.15) is 13.2 Å². The molecule has 1 aliphatic rings. The predicted octanol–water partition coefficient (Wildman–Crippen LogP) is 3.33. The lowest BCUT2D eigenvalue weighted by atomic mass is 9.78. The molecule has 3 atom stereocenters. The smallest absolute Gasteiger partial charge is 0.363 e. The van der Waals surface area contributed by atoms with E-state index in [1.807, 2.05) is 0 Å². The molecule has 0 bridgehead atoms. The standard InChI is InChI=1S/C17H14F4N2O3S/c1-23-15(25)22-13(9-4-2-5-10(18)8-9)12(16(23,26)17(19,20)21)14(24)11-6-3-7-27-11/h2-8,12-13,26H,1H3,(H,22,25)/t12-,13+,16-/m0/s1. The molecule has 2 aromatic rings. The van der Waals surface area contributed by atoms with Crippen molar-refractivity contribution in [2.45, 2.75) is 17.9 Å². The highest BCUT2D eigenvalue weighted by atomic mass is 32.1. The molecule has 0 spiro atoms. The van der Waals surface area contributed by atoms with Crippen molar-refractivity contribution in [1.29, 1.82) is 0 Å². The van der Waals surface area contributed by atoms with Gasteiger partial charge in [-0.1, -0.05) is 18.2 Å². The van der Waals surface area contributed by atoms with Crippen molar-refractivity contribution in [3.63, 3.8) is 0 Å². The van der Waals surface area contributed by atoms with Crippen LogP contribution in [-0.4, -0.2) is 40.8 Å². The fourth-order valence-corrected chi connectivity index (χ4v) is 3.86. The Morgan fingerprint density at radius 2 is 2.00 bits per heavy atom. The number of aliphatic hydroxyl groups is 1. The molecule has 5 nitrogen and oxygen atoms in total. The molecular formula is C17H14F4N2O3S. The van der Waals surface area contributed by atoms with Gasteiger partial charge in [-0.3, -0.25) is 9.69 Å². The highest BCUT2D eigenvalue weighted by Gasteiger charge is 2.69. The topological polar surface area (TPSA) is 69.6 Å². The van der Waals surface area contributed by atoms with Crippen molar-refractivity contribution in [3.05, 3.63) is 58.0 Å². The fraction of sp³-hybridized carbons (Fsp3) is 0.294. The number of thiophene rings is 1. The Hall–Kier alpha value is -2.46. The molecule has 0 unspecified atom stereocenters. The van der Waals surface area contributed by atoms with Gasteiger partial charge in [-0.05, 0) is 29.1 Å². The molecule has 144 valence electrons. The van der Waals surface area contributed by atoms with E-state index < -0.39 is 41.5 Å². The number of rotatable bonds is 3. The third-order valence-electron chi connectivity index (χ3n) is 4.53. The van der Waals surface area contributed by atoms with Crippen molar-refractivity contribution in [2.75, 3.05) is 7.05 Å². The lowest BCUT2D eigenvalue weighted by Crippen LogP contribution is -2.72. The summed E-state index contributed by atoms with van der Waals surface area (Å²) in [5, 5.41) is 14.4. The zero-order valence-corrected chi connectivity index (χ0v) is 14.6. The zero-order chi connectivity index (χ0) is 20.0. The molecule has 0 radical (unpaired) electrons. The number of urea groups is 1. The second kappa shape index (κ2) is 6.61. The predicted molar refractivity (Wildman–Crippen MR) is 88.6 cm³/mol. The van der Waals surface area contributed by atoms with Gasteiger partial charge in [0.15, 0.2) is 5.78 Å². The lowest BCUT2D eigenvalue weighted by molar-refractivity contribution is -0.322. The van der Waals surface area contributed by atoms with Crippen LogP contribution >= 0.6 is 11.3 Å². The zero-order valence-electron chi connectivity index (χ0n) is 13.8. The number of nitrogens with one attached hydrogen (secondary N) is 1. The summed E-state index contributed by atoms with van der Waals surface area (Å²) < 4.78 is 55.3. The van der Waals surface area contributed by atoms with E-state index in [1.165, 1.54) is 29.6 Å². The number of alkyl halides is 3. The summed E-state index contributed by atoms with van der Waals surface area (Å²) in [7, 11) is 0.749. The minimum Gasteiger partial charge on any atom is -0.363 e. The molecule has 1 fully saturated rings. The maximum absolute atomic E-state index is 13.9. The van der Waals surface area contributed by atoms with Gasteiger partial charge in [0.2, 0.25) is 0 Å². The first-order valence-corrected chi connectivity index (χ1v) is 8.62. The highest BCUT2D eigenvalue weighted by molar-refractivity contribution is 7.12. The molecule has 1 saturated heterocycles. The molecule has 0 aliphatic carbocycles. The van der Waals surface area contributed by atoms with Crippen LogP contribution in [0.5, 0.6) is 0 Å². The largest absolute Gasteiger partial charge is 0.437 e. The van der Waals surface area contributed by atoms with Crippen molar-refractivity contribution in [2.24, 2.45) is 5.92 Å². The Morgan fingerprint density at radius 3 is 2.56 bits per heavy atom. The Kier molecular flexibility index (Phi) is 4.73. The van der Waals surface area contributed by atoms with Crippen molar-refractivity contribution >= 4 is 23.2 Å². The van der Waals surface area contributed by atoms with Crippen LogP contribution < -0.4 is 5.32 Å². The van der Waals surface area contributed by atoms with Crippen molar-refractivity contribution < 1.29 is 32.3 Å². The van der Waals surface area contributed by atoms with E-state index in [2.05, 4.69) is 5.32 Å². The number of Topliss-reactive ketones (excluding diaryl/α,β-unsaturated/α-hetero) is 1. The average Bonchev–Trinajstić information content (AvgIpc) is 3.12. The van der Waals surface area contributed by atoms with Crippen LogP contribution in [0.3, 0.4) is 0 Å². The van der Waals surface area contributed by atoms with Crippen LogP contribution in [0.1, 0.15) is 21.3 Å². The SMILES string of the molecule is CN1C(=O)N[C@H](c2cccc(F)c2)[C@@H](C(=O)c2cccs2)[C@]1(O)C(F)(F)F. The van der Waals surface area contributed by atoms with Crippen LogP contribution in [0.2, 0.25) is 0 Å². The van der Waals surface area contributed by atoms with Gasteiger partial charge in [0.05, 0.1) is 10.9 Å². The summed E-state index contributed by atoms with van der Waals surface area (Å²) >= 11 is 0.905. The van der Waals surface area contributed by atoms with Crippen LogP contribution in [0.15, 0.2) is 41.8 Å². The number of halogens is 4. The molecule has 3 rings (SSSR count). The number of carbonyl (C=O) groups is 2. The number of hydrogen-bond donors (Lipinski definition) is 2. The molecular weight excluding hydrogens is 388 g/mol. The van der Waals surface area contributed by atoms with E-state index in [1.54, 1.807) is 0 Å². The van der Waals surface area contributed by atoms with Gasteiger partial charge in [0.1, 0.15) is 11.7 Å². The maximum Gasteiger partial charge on any atom is 0.437 e. The minimum absolute atomic E-state index is 0.0198. The van der Waals surface area contributed by atoms with E-state index in [0.29, 0.717) is 0 Å². The summed E-state index contributed by atoms with van der Waals surface area (Å²) in [4.78, 5) is 25.1. The summed E-state index contributed by atoms with van der Waals surface area (Å²) in [6, 6.07) is 4.51. The van der Waals surface area contributed by atoms with Gasteiger partial charge in [-0.25, -0.2) is 9.18 Å². The van der Waals surface area contributed by atoms with Crippen LogP contribution in [-0.2, 0) is 0 Å². The third kappa shape index (κ3) is 3.08. The molecule has 0 saturated carbocycles. The molecule has 10 heteroatoms. The van der Waals surface area contributed by atoms with E-state index in [4.69, 9.17) is 0 Å². The number of ketones is 1. The molecule has 2 heterocycles.